The van der Waals surface area contributed by atoms with Crippen molar-refractivity contribution in [3.63, 3.8) is 0 Å². The van der Waals surface area contributed by atoms with Crippen LogP contribution in [0.5, 0.6) is 0 Å². The lowest BCUT2D eigenvalue weighted by atomic mass is 10.2. The topological polar surface area (TPSA) is 74.3 Å². The van der Waals surface area contributed by atoms with Crippen LogP contribution in [0.2, 0.25) is 0 Å². The van der Waals surface area contributed by atoms with Crippen molar-refractivity contribution >= 4 is 49.9 Å². The standard InChI is InChI=1S/C20H20N4O2S/c1-13(25)21-15-6-4-5-14(11-15)19(26)22-16-7-8-17-18(12-16)27-20(23-17)24-9-2-3-10-24/h4-8,11-12H,2-3,9-10H2,1H3,(H,21,25)(H,22,26). The van der Waals surface area contributed by atoms with Crippen LogP contribution < -0.4 is 15.5 Å². The summed E-state index contributed by atoms with van der Waals surface area (Å²) in [6.07, 6.45) is 2.43. The zero-order valence-electron chi connectivity index (χ0n) is 15.0. The molecule has 0 aliphatic carbocycles. The van der Waals surface area contributed by atoms with Crippen LogP contribution in [0, 0.1) is 0 Å². The van der Waals surface area contributed by atoms with Crippen LogP contribution in [-0.2, 0) is 4.79 Å². The smallest absolute Gasteiger partial charge is 0.255 e. The Morgan fingerprint density at radius 3 is 2.59 bits per heavy atom. The van der Waals surface area contributed by atoms with Gasteiger partial charge in [0.15, 0.2) is 5.13 Å². The number of nitrogens with zero attached hydrogens (tertiary/aromatic N) is 2. The monoisotopic (exact) mass is 380 g/mol. The molecule has 138 valence electrons. The van der Waals surface area contributed by atoms with Crippen LogP contribution in [0.15, 0.2) is 42.5 Å². The summed E-state index contributed by atoms with van der Waals surface area (Å²) in [7, 11) is 0. The van der Waals surface area contributed by atoms with E-state index in [1.54, 1.807) is 35.6 Å². The molecule has 0 saturated carbocycles. The van der Waals surface area contributed by atoms with Gasteiger partial charge in [0.2, 0.25) is 5.91 Å². The van der Waals surface area contributed by atoms with E-state index in [1.165, 1.54) is 19.8 Å². The molecule has 0 bridgehead atoms. The minimum atomic E-state index is -0.217. The third-order valence-electron chi connectivity index (χ3n) is 4.46. The first kappa shape index (κ1) is 17.5. The SMILES string of the molecule is CC(=O)Nc1cccc(C(=O)Nc2ccc3nc(N4CCCC4)sc3c2)c1. The van der Waals surface area contributed by atoms with Crippen molar-refractivity contribution in [1.82, 2.24) is 4.98 Å². The number of benzene rings is 2. The van der Waals surface area contributed by atoms with Gasteiger partial charge in [-0.15, -0.1) is 0 Å². The highest BCUT2D eigenvalue weighted by molar-refractivity contribution is 7.22. The molecule has 2 heterocycles. The number of thiazole rings is 1. The molecule has 6 nitrogen and oxygen atoms in total. The molecule has 0 atom stereocenters. The largest absolute Gasteiger partial charge is 0.348 e. The molecule has 0 spiro atoms. The molecule has 2 aromatic carbocycles. The van der Waals surface area contributed by atoms with Gasteiger partial charge in [-0.2, -0.15) is 0 Å². The molecule has 7 heteroatoms. The lowest BCUT2D eigenvalue weighted by Gasteiger charge is -2.11. The zero-order chi connectivity index (χ0) is 18.8. The quantitative estimate of drug-likeness (QED) is 0.714. The van der Waals surface area contributed by atoms with E-state index in [0.717, 1.165) is 34.1 Å². The van der Waals surface area contributed by atoms with Crippen molar-refractivity contribution in [1.29, 1.82) is 0 Å². The molecular weight excluding hydrogens is 360 g/mol. The van der Waals surface area contributed by atoms with Crippen molar-refractivity contribution < 1.29 is 9.59 Å². The summed E-state index contributed by atoms with van der Waals surface area (Å²) in [6, 6.07) is 12.6. The van der Waals surface area contributed by atoms with E-state index in [-0.39, 0.29) is 11.8 Å². The number of carbonyl (C=O) groups is 2. The van der Waals surface area contributed by atoms with Crippen LogP contribution in [0.4, 0.5) is 16.5 Å². The summed E-state index contributed by atoms with van der Waals surface area (Å²) in [5.41, 5.74) is 2.77. The third kappa shape index (κ3) is 3.93. The van der Waals surface area contributed by atoms with E-state index < -0.39 is 0 Å². The Morgan fingerprint density at radius 2 is 1.81 bits per heavy atom. The van der Waals surface area contributed by atoms with Gasteiger partial charge in [-0.05, 0) is 49.2 Å². The van der Waals surface area contributed by atoms with Crippen molar-refractivity contribution in [2.24, 2.45) is 0 Å². The molecular formula is C20H20N4O2S. The Morgan fingerprint density at radius 1 is 1.04 bits per heavy atom. The maximum atomic E-state index is 12.6. The Balaban J connectivity index is 1.52. The maximum Gasteiger partial charge on any atom is 0.255 e. The van der Waals surface area contributed by atoms with Crippen LogP contribution >= 0.6 is 11.3 Å². The van der Waals surface area contributed by atoms with Gasteiger partial charge in [-0.25, -0.2) is 4.98 Å². The van der Waals surface area contributed by atoms with E-state index >= 15 is 0 Å². The van der Waals surface area contributed by atoms with Crippen molar-refractivity contribution in [2.75, 3.05) is 28.6 Å². The molecule has 1 fully saturated rings. The van der Waals surface area contributed by atoms with E-state index in [0.29, 0.717) is 11.3 Å². The number of rotatable bonds is 4. The number of fused-ring (bicyclic) bond motifs is 1. The second kappa shape index (κ2) is 7.36. The number of aromatic nitrogens is 1. The minimum absolute atomic E-state index is 0.169. The van der Waals surface area contributed by atoms with Gasteiger partial charge in [0.05, 0.1) is 10.2 Å². The van der Waals surface area contributed by atoms with Gasteiger partial charge in [-0.1, -0.05) is 17.4 Å². The predicted octanol–water partition coefficient (Wildman–Crippen LogP) is 4.11. The fourth-order valence-corrected chi connectivity index (χ4v) is 4.24. The first-order valence-corrected chi connectivity index (χ1v) is 9.75. The summed E-state index contributed by atoms with van der Waals surface area (Å²) in [4.78, 5) is 30.8. The van der Waals surface area contributed by atoms with Gasteiger partial charge >= 0.3 is 0 Å². The fraction of sp³-hybridized carbons (Fsp3) is 0.250. The Kier molecular flexibility index (Phi) is 4.77. The lowest BCUT2D eigenvalue weighted by molar-refractivity contribution is -0.114. The van der Waals surface area contributed by atoms with Gasteiger partial charge in [0.1, 0.15) is 0 Å². The highest BCUT2D eigenvalue weighted by atomic mass is 32.1. The van der Waals surface area contributed by atoms with Gasteiger partial charge in [0, 0.05) is 37.0 Å². The second-order valence-corrected chi connectivity index (χ2v) is 7.60. The number of hydrogen-bond donors (Lipinski definition) is 2. The molecule has 1 aromatic heterocycles. The van der Waals surface area contributed by atoms with Crippen LogP contribution in [-0.4, -0.2) is 29.9 Å². The Hall–Kier alpha value is -2.93. The highest BCUT2D eigenvalue weighted by Gasteiger charge is 2.16. The number of anilines is 3. The number of nitrogens with one attached hydrogen (secondary N) is 2. The first-order chi connectivity index (χ1) is 13.1. The van der Waals surface area contributed by atoms with Crippen molar-refractivity contribution in [3.05, 3.63) is 48.0 Å². The highest BCUT2D eigenvalue weighted by Crippen LogP contribution is 2.32. The summed E-state index contributed by atoms with van der Waals surface area (Å²) in [5, 5.41) is 6.66. The Labute approximate surface area is 161 Å². The second-order valence-electron chi connectivity index (χ2n) is 6.59. The van der Waals surface area contributed by atoms with Crippen molar-refractivity contribution in [2.45, 2.75) is 19.8 Å². The average Bonchev–Trinajstić information content (AvgIpc) is 3.30. The van der Waals surface area contributed by atoms with Gasteiger partial charge in [-0.3, -0.25) is 9.59 Å². The minimum Gasteiger partial charge on any atom is -0.348 e. The normalized spacial score (nSPS) is 13.7. The maximum absolute atomic E-state index is 12.6. The number of hydrogen-bond acceptors (Lipinski definition) is 5. The first-order valence-electron chi connectivity index (χ1n) is 8.93. The third-order valence-corrected chi connectivity index (χ3v) is 5.54. The van der Waals surface area contributed by atoms with Crippen LogP contribution in [0.1, 0.15) is 30.1 Å². The lowest BCUT2D eigenvalue weighted by Crippen LogP contribution is -2.16. The summed E-state index contributed by atoms with van der Waals surface area (Å²) < 4.78 is 1.06. The molecule has 1 saturated heterocycles. The van der Waals surface area contributed by atoms with E-state index in [2.05, 4.69) is 15.5 Å². The molecule has 1 aliphatic rings. The van der Waals surface area contributed by atoms with E-state index in [1.807, 2.05) is 18.2 Å². The number of amides is 2. The molecule has 0 unspecified atom stereocenters. The van der Waals surface area contributed by atoms with Gasteiger partial charge in [0.25, 0.3) is 5.91 Å². The predicted molar refractivity (Wildman–Crippen MR) is 110 cm³/mol. The van der Waals surface area contributed by atoms with Crippen LogP contribution in [0.3, 0.4) is 0 Å². The molecule has 27 heavy (non-hydrogen) atoms. The summed E-state index contributed by atoms with van der Waals surface area (Å²) in [5.74, 6) is -0.386. The molecule has 4 rings (SSSR count). The molecule has 1 aliphatic heterocycles. The summed E-state index contributed by atoms with van der Waals surface area (Å²) >= 11 is 1.66. The average molecular weight is 380 g/mol. The van der Waals surface area contributed by atoms with E-state index in [9.17, 15) is 9.59 Å². The number of carbonyl (C=O) groups excluding carboxylic acids is 2. The van der Waals surface area contributed by atoms with Crippen LogP contribution in [0.25, 0.3) is 10.2 Å². The van der Waals surface area contributed by atoms with E-state index in [4.69, 9.17) is 4.98 Å². The molecule has 2 amide bonds. The molecule has 0 radical (unpaired) electrons. The fourth-order valence-electron chi connectivity index (χ4n) is 3.18. The molecule has 3 aromatic rings. The van der Waals surface area contributed by atoms with Crippen molar-refractivity contribution in [3.8, 4) is 0 Å². The zero-order valence-corrected chi connectivity index (χ0v) is 15.8. The molecule has 2 N–H and O–H groups in total. The Bertz CT molecular complexity index is 1010. The summed E-state index contributed by atoms with van der Waals surface area (Å²) in [6.45, 7) is 3.57. The van der Waals surface area contributed by atoms with Gasteiger partial charge < -0.3 is 15.5 Å².